The molecule has 3 rings (SSSR count). The molecule has 0 fully saturated rings. The van der Waals surface area contributed by atoms with E-state index < -0.39 is 23.0 Å². The standard InChI is InChI=1S/C23H20N4O3S.K/c1-13-6-8-14(9-7-13)19(28)10-18(21(29)17(12-25)22(26)30)27-23-16(11-24)15-4-2-3-5-20(15)31-23;/h6-10,27,29H,2-5H2,1H3,(H2,26,30);/q;+1/p-1. The van der Waals surface area contributed by atoms with Gasteiger partial charge < -0.3 is 16.2 Å². The van der Waals surface area contributed by atoms with Gasteiger partial charge in [0.05, 0.1) is 5.56 Å². The number of amides is 1. The second kappa shape index (κ2) is 11.6. The van der Waals surface area contributed by atoms with Crippen molar-refractivity contribution in [2.75, 3.05) is 5.32 Å². The number of fused-ring (bicyclic) bond motifs is 1. The Morgan fingerprint density at radius 2 is 1.84 bits per heavy atom. The summed E-state index contributed by atoms with van der Waals surface area (Å²) < 4.78 is 0. The fourth-order valence-electron chi connectivity index (χ4n) is 3.34. The molecule has 1 heterocycles. The van der Waals surface area contributed by atoms with Gasteiger partial charge in [-0.05, 0) is 38.2 Å². The number of carbonyl (C=O) groups is 2. The van der Waals surface area contributed by atoms with E-state index in [1.54, 1.807) is 24.3 Å². The first-order valence-corrected chi connectivity index (χ1v) is 10.4. The number of rotatable bonds is 6. The fourth-order valence-corrected chi connectivity index (χ4v) is 4.59. The summed E-state index contributed by atoms with van der Waals surface area (Å²) >= 11 is 1.34. The molecular formula is C23H19KN4O3S. The molecule has 156 valence electrons. The van der Waals surface area contributed by atoms with E-state index in [1.165, 1.54) is 17.4 Å². The van der Waals surface area contributed by atoms with Crippen molar-refractivity contribution < 1.29 is 66.1 Å². The molecule has 1 amide bonds. The Labute approximate surface area is 232 Å². The number of allylic oxidation sites excluding steroid dienone is 1. The molecule has 0 radical (unpaired) electrons. The summed E-state index contributed by atoms with van der Waals surface area (Å²) in [5.41, 5.74) is 6.74. The van der Waals surface area contributed by atoms with Crippen LogP contribution >= 0.6 is 11.3 Å². The molecule has 7 nitrogen and oxygen atoms in total. The van der Waals surface area contributed by atoms with Crippen LogP contribution < -0.4 is 67.5 Å². The van der Waals surface area contributed by atoms with Gasteiger partial charge >= 0.3 is 51.4 Å². The molecule has 0 atom stereocenters. The molecule has 1 aliphatic carbocycles. The maximum absolute atomic E-state index is 12.9. The first-order valence-electron chi connectivity index (χ1n) is 9.61. The third-order valence-electron chi connectivity index (χ3n) is 4.97. The summed E-state index contributed by atoms with van der Waals surface area (Å²) in [5.74, 6) is -2.67. The normalized spacial score (nSPS) is 13.5. The predicted molar refractivity (Wildman–Crippen MR) is 115 cm³/mol. The van der Waals surface area contributed by atoms with Crippen LogP contribution in [0.3, 0.4) is 0 Å². The molecule has 9 heteroatoms. The zero-order chi connectivity index (χ0) is 22.5. The molecule has 1 aromatic carbocycles. The number of primary amides is 1. The van der Waals surface area contributed by atoms with E-state index in [-0.39, 0.29) is 57.1 Å². The van der Waals surface area contributed by atoms with Gasteiger partial charge in [0.25, 0.3) is 5.91 Å². The van der Waals surface area contributed by atoms with Crippen molar-refractivity contribution in [3.63, 3.8) is 0 Å². The van der Waals surface area contributed by atoms with Gasteiger partial charge in [0.2, 0.25) is 0 Å². The summed E-state index contributed by atoms with van der Waals surface area (Å²) in [6.07, 6.45) is 4.62. The van der Waals surface area contributed by atoms with Crippen LogP contribution in [0.4, 0.5) is 5.00 Å². The van der Waals surface area contributed by atoms with Crippen LogP contribution in [0, 0.1) is 29.6 Å². The Morgan fingerprint density at radius 3 is 2.44 bits per heavy atom. The number of nitrogens with one attached hydrogen (secondary N) is 1. The number of thiophene rings is 1. The maximum atomic E-state index is 12.9. The molecular weight excluding hydrogens is 451 g/mol. The van der Waals surface area contributed by atoms with Gasteiger partial charge in [-0.25, -0.2) is 0 Å². The van der Waals surface area contributed by atoms with Gasteiger partial charge in [-0.3, -0.25) is 9.59 Å². The molecule has 1 aromatic heterocycles. The van der Waals surface area contributed by atoms with Gasteiger partial charge in [-0.2, -0.15) is 10.5 Å². The number of hydrogen-bond acceptors (Lipinski definition) is 7. The van der Waals surface area contributed by atoms with Gasteiger partial charge in [0.1, 0.15) is 22.7 Å². The van der Waals surface area contributed by atoms with Crippen LogP contribution in [0.15, 0.2) is 47.4 Å². The summed E-state index contributed by atoms with van der Waals surface area (Å²) in [5, 5.41) is 35.0. The number of aryl methyl sites for hydroxylation is 2. The van der Waals surface area contributed by atoms with Gasteiger partial charge in [-0.1, -0.05) is 35.6 Å². The van der Waals surface area contributed by atoms with E-state index in [1.807, 2.05) is 6.92 Å². The van der Waals surface area contributed by atoms with Crippen molar-refractivity contribution in [3.05, 3.63) is 74.5 Å². The second-order valence-corrected chi connectivity index (χ2v) is 8.23. The molecule has 0 saturated carbocycles. The average molecular weight is 471 g/mol. The van der Waals surface area contributed by atoms with Crippen LogP contribution in [0.25, 0.3) is 0 Å². The number of nitrogens with two attached hydrogens (primary N) is 1. The van der Waals surface area contributed by atoms with E-state index >= 15 is 0 Å². The van der Waals surface area contributed by atoms with Crippen LogP contribution in [0.5, 0.6) is 0 Å². The molecule has 32 heavy (non-hydrogen) atoms. The summed E-state index contributed by atoms with van der Waals surface area (Å²) in [6, 6.07) is 10.4. The Morgan fingerprint density at radius 1 is 1.19 bits per heavy atom. The minimum Gasteiger partial charge on any atom is -0.870 e. The van der Waals surface area contributed by atoms with Crippen molar-refractivity contribution in [2.24, 2.45) is 5.73 Å². The zero-order valence-electron chi connectivity index (χ0n) is 17.8. The van der Waals surface area contributed by atoms with E-state index in [2.05, 4.69) is 11.4 Å². The van der Waals surface area contributed by atoms with E-state index in [0.717, 1.165) is 47.8 Å². The quantitative estimate of drug-likeness (QED) is 0.147. The van der Waals surface area contributed by atoms with Crippen molar-refractivity contribution in [1.29, 1.82) is 10.5 Å². The van der Waals surface area contributed by atoms with Crippen LogP contribution in [0.2, 0.25) is 0 Å². The summed E-state index contributed by atoms with van der Waals surface area (Å²) in [7, 11) is 0. The molecule has 3 N–H and O–H groups in total. The molecule has 0 saturated heterocycles. The van der Waals surface area contributed by atoms with Crippen molar-refractivity contribution in [3.8, 4) is 12.1 Å². The van der Waals surface area contributed by atoms with E-state index in [4.69, 9.17) is 5.73 Å². The number of anilines is 1. The van der Waals surface area contributed by atoms with Gasteiger partial charge in [0, 0.05) is 22.2 Å². The SMILES string of the molecule is Cc1ccc(C(=O)C=C(Nc2sc3c(c2C#N)CCCC3)C([O-])=C(C#N)C(N)=O)cc1.[K+]. The number of nitrogens with zero attached hydrogens (tertiary/aromatic N) is 2. The van der Waals surface area contributed by atoms with Crippen molar-refractivity contribution >= 4 is 28.0 Å². The number of hydrogen-bond donors (Lipinski definition) is 2. The molecule has 0 spiro atoms. The Balaban J connectivity index is 0.00000363. The molecule has 0 bridgehead atoms. The summed E-state index contributed by atoms with van der Waals surface area (Å²) in [4.78, 5) is 25.4. The zero-order valence-corrected chi connectivity index (χ0v) is 21.8. The van der Waals surface area contributed by atoms with Crippen molar-refractivity contribution in [1.82, 2.24) is 0 Å². The smallest absolute Gasteiger partial charge is 0.870 e. The molecule has 1 aliphatic rings. The van der Waals surface area contributed by atoms with E-state index in [9.17, 15) is 25.2 Å². The van der Waals surface area contributed by atoms with E-state index in [0.29, 0.717) is 16.1 Å². The largest absolute Gasteiger partial charge is 1.00 e. The number of benzene rings is 1. The van der Waals surface area contributed by atoms with Gasteiger partial charge in [-0.15, -0.1) is 11.3 Å². The molecule has 0 aliphatic heterocycles. The summed E-state index contributed by atoms with van der Waals surface area (Å²) in [6.45, 7) is 1.88. The fraction of sp³-hybridized carbons (Fsp3) is 0.217. The first kappa shape index (κ1) is 26.0. The van der Waals surface area contributed by atoms with Crippen molar-refractivity contribution in [2.45, 2.75) is 32.6 Å². The molecule has 0 unspecified atom stereocenters. The number of carbonyl (C=O) groups excluding carboxylic acids is 2. The van der Waals surface area contributed by atoms with Gasteiger partial charge in [0.15, 0.2) is 5.78 Å². The topological polar surface area (TPSA) is 143 Å². The van der Waals surface area contributed by atoms with Crippen LogP contribution in [-0.2, 0) is 17.6 Å². The third kappa shape index (κ3) is 5.76. The Bertz CT molecular complexity index is 1200. The predicted octanol–water partition coefficient (Wildman–Crippen LogP) is -0.387. The Kier molecular flexibility index (Phi) is 9.41. The molecule has 2 aromatic rings. The first-order chi connectivity index (χ1) is 14.8. The maximum Gasteiger partial charge on any atom is 1.00 e. The number of nitriles is 2. The number of ketones is 1. The second-order valence-electron chi connectivity index (χ2n) is 7.12. The average Bonchev–Trinajstić information content (AvgIpc) is 3.10. The Hall–Kier alpha value is -2.24. The monoisotopic (exact) mass is 470 g/mol. The third-order valence-corrected chi connectivity index (χ3v) is 6.18. The van der Waals surface area contributed by atoms with Crippen LogP contribution in [0.1, 0.15) is 44.8 Å². The minimum absolute atomic E-state index is 0. The van der Waals surface area contributed by atoms with Crippen LogP contribution in [-0.4, -0.2) is 11.7 Å². The minimum atomic E-state index is -1.19.